The Bertz CT molecular complexity index is 836. The number of methoxy groups -OCH3 is 1. The van der Waals surface area contributed by atoms with Crippen LogP contribution in [0.4, 0.5) is 5.69 Å². The van der Waals surface area contributed by atoms with Gasteiger partial charge in [0.2, 0.25) is 0 Å². The Morgan fingerprint density at radius 2 is 2.12 bits per heavy atom. The number of hydrogen-bond donors (Lipinski definition) is 0. The van der Waals surface area contributed by atoms with E-state index in [4.69, 9.17) is 9.47 Å². The molecule has 0 saturated heterocycles. The molecule has 3 rings (SSSR count). The minimum Gasteiger partial charge on any atom is -0.497 e. The molecule has 7 nitrogen and oxygen atoms in total. The van der Waals surface area contributed by atoms with Gasteiger partial charge in [0.15, 0.2) is 6.10 Å². The van der Waals surface area contributed by atoms with E-state index in [1.165, 1.54) is 12.1 Å². The summed E-state index contributed by atoms with van der Waals surface area (Å²) in [6, 6.07) is 11.9. The lowest BCUT2D eigenvalue weighted by Crippen LogP contribution is -2.38. The van der Waals surface area contributed by atoms with Crippen molar-refractivity contribution < 1.29 is 19.2 Å². The van der Waals surface area contributed by atoms with Gasteiger partial charge in [-0.15, -0.1) is 0 Å². The van der Waals surface area contributed by atoms with E-state index < -0.39 is 11.0 Å². The predicted octanol–water partition coefficient (Wildman–Crippen LogP) is 3.30. The lowest BCUT2D eigenvalue weighted by atomic mass is 10.1. The van der Waals surface area contributed by atoms with Gasteiger partial charge < -0.3 is 14.4 Å². The van der Waals surface area contributed by atoms with Gasteiger partial charge in [-0.2, -0.15) is 0 Å². The van der Waals surface area contributed by atoms with Crippen LogP contribution in [0.25, 0.3) is 0 Å². The normalized spacial score (nSPS) is 16.5. The number of non-ortho nitro benzene ring substituents is 1. The summed E-state index contributed by atoms with van der Waals surface area (Å²) in [5, 5.41) is 11.1. The number of carbonyl (C=O) groups is 1. The molecule has 1 heterocycles. The average molecular weight is 356 g/mol. The molecule has 0 N–H and O–H groups in total. The fourth-order valence-corrected chi connectivity index (χ4v) is 2.99. The van der Waals surface area contributed by atoms with Crippen LogP contribution in [0, 0.1) is 10.1 Å². The zero-order chi connectivity index (χ0) is 18.7. The largest absolute Gasteiger partial charge is 0.497 e. The SMILES string of the molecule is CCC1Oc2ccc([N+](=O)[O-])cc2CN(Cc2cccc(OC)c2)C1=O. The Morgan fingerprint density at radius 1 is 1.31 bits per heavy atom. The molecular weight excluding hydrogens is 336 g/mol. The van der Waals surface area contributed by atoms with E-state index >= 15 is 0 Å². The van der Waals surface area contributed by atoms with Gasteiger partial charge in [-0.1, -0.05) is 19.1 Å². The minimum atomic E-state index is -0.608. The quantitative estimate of drug-likeness (QED) is 0.606. The molecule has 0 fully saturated rings. The van der Waals surface area contributed by atoms with Crippen LogP contribution in [-0.2, 0) is 17.9 Å². The maximum atomic E-state index is 12.9. The lowest BCUT2D eigenvalue weighted by molar-refractivity contribution is -0.384. The highest BCUT2D eigenvalue weighted by molar-refractivity contribution is 5.82. The maximum absolute atomic E-state index is 12.9. The van der Waals surface area contributed by atoms with Crippen LogP contribution in [0.3, 0.4) is 0 Å². The number of nitrogens with zero attached hydrogens (tertiary/aromatic N) is 2. The van der Waals surface area contributed by atoms with Gasteiger partial charge in [-0.25, -0.2) is 0 Å². The predicted molar refractivity (Wildman–Crippen MR) is 95.1 cm³/mol. The zero-order valence-electron chi connectivity index (χ0n) is 14.7. The van der Waals surface area contributed by atoms with Crippen LogP contribution in [0.15, 0.2) is 42.5 Å². The first-order valence-electron chi connectivity index (χ1n) is 8.37. The lowest BCUT2D eigenvalue weighted by Gasteiger charge is -2.23. The van der Waals surface area contributed by atoms with Crippen LogP contribution >= 0.6 is 0 Å². The van der Waals surface area contributed by atoms with Crippen molar-refractivity contribution in [3.8, 4) is 11.5 Å². The van der Waals surface area contributed by atoms with E-state index in [9.17, 15) is 14.9 Å². The third-order valence-electron chi connectivity index (χ3n) is 4.35. The number of rotatable bonds is 5. The monoisotopic (exact) mass is 356 g/mol. The first-order chi connectivity index (χ1) is 12.5. The second-order valence-electron chi connectivity index (χ2n) is 6.11. The van der Waals surface area contributed by atoms with E-state index in [1.54, 1.807) is 18.1 Å². The number of benzene rings is 2. The number of hydrogen-bond acceptors (Lipinski definition) is 5. The van der Waals surface area contributed by atoms with E-state index in [-0.39, 0.29) is 18.1 Å². The summed E-state index contributed by atoms with van der Waals surface area (Å²) in [7, 11) is 1.59. The second-order valence-corrected chi connectivity index (χ2v) is 6.11. The van der Waals surface area contributed by atoms with Gasteiger partial charge in [0.05, 0.1) is 18.6 Å². The van der Waals surface area contributed by atoms with Crippen molar-refractivity contribution in [1.29, 1.82) is 0 Å². The molecule has 0 aromatic heterocycles. The number of fused-ring (bicyclic) bond motifs is 1. The Balaban J connectivity index is 1.94. The molecule has 0 spiro atoms. The third kappa shape index (κ3) is 3.61. The van der Waals surface area contributed by atoms with Crippen molar-refractivity contribution in [3.63, 3.8) is 0 Å². The molecule has 1 atom stereocenters. The summed E-state index contributed by atoms with van der Waals surface area (Å²) in [5.74, 6) is 1.10. The summed E-state index contributed by atoms with van der Waals surface area (Å²) >= 11 is 0. The highest BCUT2D eigenvalue weighted by Gasteiger charge is 2.30. The van der Waals surface area contributed by atoms with Crippen molar-refractivity contribution in [3.05, 3.63) is 63.7 Å². The summed E-state index contributed by atoms with van der Waals surface area (Å²) in [5.41, 5.74) is 1.53. The number of nitro groups is 1. The molecule has 1 aliphatic heterocycles. The smallest absolute Gasteiger partial charge is 0.270 e. The van der Waals surface area contributed by atoms with Gasteiger partial charge in [-0.05, 0) is 30.2 Å². The number of nitro benzene ring substituents is 1. The van der Waals surface area contributed by atoms with E-state index in [0.717, 1.165) is 5.56 Å². The molecule has 7 heteroatoms. The molecule has 1 unspecified atom stereocenters. The van der Waals surface area contributed by atoms with Crippen LogP contribution < -0.4 is 9.47 Å². The second kappa shape index (κ2) is 7.43. The van der Waals surface area contributed by atoms with Crippen molar-refractivity contribution in [1.82, 2.24) is 4.90 Å². The van der Waals surface area contributed by atoms with Gasteiger partial charge in [-0.3, -0.25) is 14.9 Å². The Labute approximate surface area is 151 Å². The average Bonchev–Trinajstić information content (AvgIpc) is 2.78. The summed E-state index contributed by atoms with van der Waals surface area (Å²) in [6.07, 6.45) is -0.0903. The molecule has 2 aromatic carbocycles. The third-order valence-corrected chi connectivity index (χ3v) is 4.35. The van der Waals surface area contributed by atoms with Crippen LogP contribution in [0.5, 0.6) is 11.5 Å². The van der Waals surface area contributed by atoms with Gasteiger partial charge in [0.1, 0.15) is 11.5 Å². The van der Waals surface area contributed by atoms with Crippen molar-refractivity contribution in [2.45, 2.75) is 32.5 Å². The zero-order valence-corrected chi connectivity index (χ0v) is 14.7. The van der Waals surface area contributed by atoms with E-state index in [1.807, 2.05) is 31.2 Å². The van der Waals surface area contributed by atoms with Crippen molar-refractivity contribution >= 4 is 11.6 Å². The highest BCUT2D eigenvalue weighted by atomic mass is 16.6. The fraction of sp³-hybridized carbons (Fsp3) is 0.316. The molecule has 1 amide bonds. The molecule has 2 aromatic rings. The van der Waals surface area contributed by atoms with Gasteiger partial charge in [0.25, 0.3) is 11.6 Å². The van der Waals surface area contributed by atoms with E-state index in [2.05, 4.69) is 0 Å². The summed E-state index contributed by atoms with van der Waals surface area (Å²) in [4.78, 5) is 25.1. The van der Waals surface area contributed by atoms with Gasteiger partial charge in [0, 0.05) is 24.2 Å². The Morgan fingerprint density at radius 3 is 2.81 bits per heavy atom. The van der Waals surface area contributed by atoms with Crippen molar-refractivity contribution in [2.75, 3.05) is 7.11 Å². The molecular formula is C19H20N2O5. The van der Waals surface area contributed by atoms with Crippen LogP contribution in [0.1, 0.15) is 24.5 Å². The molecule has 0 saturated carbocycles. The maximum Gasteiger partial charge on any atom is 0.270 e. The first-order valence-corrected chi connectivity index (χ1v) is 8.37. The summed E-state index contributed by atoms with van der Waals surface area (Å²) in [6.45, 7) is 2.50. The summed E-state index contributed by atoms with van der Waals surface area (Å²) < 4.78 is 11.1. The molecule has 0 aliphatic carbocycles. The standard InChI is InChI=1S/C19H20N2O5/c1-3-17-19(22)20(11-13-5-4-6-16(9-13)25-2)12-14-10-15(21(23)24)7-8-18(14)26-17/h4-10,17H,3,11-12H2,1-2H3. The topological polar surface area (TPSA) is 81.9 Å². The minimum absolute atomic E-state index is 0.0175. The molecule has 0 radical (unpaired) electrons. The van der Waals surface area contributed by atoms with E-state index in [0.29, 0.717) is 30.0 Å². The number of carbonyl (C=O) groups excluding carboxylic acids is 1. The van der Waals surface area contributed by atoms with Crippen molar-refractivity contribution in [2.24, 2.45) is 0 Å². The molecule has 136 valence electrons. The first kappa shape index (κ1) is 17.7. The number of ether oxygens (including phenoxy) is 2. The van der Waals surface area contributed by atoms with Crippen LogP contribution in [0.2, 0.25) is 0 Å². The Hall–Kier alpha value is -3.09. The fourth-order valence-electron chi connectivity index (χ4n) is 2.99. The highest BCUT2D eigenvalue weighted by Crippen LogP contribution is 2.31. The Kier molecular flexibility index (Phi) is 5.06. The van der Waals surface area contributed by atoms with Crippen LogP contribution in [-0.4, -0.2) is 28.9 Å². The molecule has 1 aliphatic rings. The van der Waals surface area contributed by atoms with Gasteiger partial charge >= 0.3 is 0 Å². The molecule has 0 bridgehead atoms. The number of amides is 1. The molecule has 26 heavy (non-hydrogen) atoms.